The number of carbonyl (C=O) groups is 2. The predicted molar refractivity (Wildman–Crippen MR) is 96.6 cm³/mol. The van der Waals surface area contributed by atoms with Gasteiger partial charge in [-0.2, -0.15) is 15.3 Å². The third kappa shape index (κ3) is 3.89. The van der Waals surface area contributed by atoms with E-state index in [1.807, 2.05) is 38.4 Å². The van der Waals surface area contributed by atoms with Crippen molar-refractivity contribution < 1.29 is 14.7 Å². The number of carboxylic acid groups (broad SMARTS) is 1. The van der Waals surface area contributed by atoms with Crippen LogP contribution in [0.1, 0.15) is 33.3 Å². The quantitative estimate of drug-likeness (QED) is 0.675. The number of aromatic nitrogens is 6. The van der Waals surface area contributed by atoms with Crippen molar-refractivity contribution in [2.24, 2.45) is 0 Å². The number of aromatic carboxylic acids is 1. The van der Waals surface area contributed by atoms with Gasteiger partial charge in [-0.25, -0.2) is 14.2 Å². The van der Waals surface area contributed by atoms with Gasteiger partial charge in [0.1, 0.15) is 13.2 Å². The van der Waals surface area contributed by atoms with Crippen LogP contribution in [-0.4, -0.2) is 46.3 Å². The van der Waals surface area contributed by atoms with Crippen LogP contribution in [0.4, 0.5) is 5.69 Å². The second kappa shape index (κ2) is 7.06. The van der Waals surface area contributed by atoms with Crippen LogP contribution in [0, 0.1) is 27.7 Å². The molecule has 10 nitrogen and oxygen atoms in total. The molecule has 10 heteroatoms. The summed E-state index contributed by atoms with van der Waals surface area (Å²) in [5.74, 6) is -1.45. The molecule has 0 saturated heterocycles. The SMILES string of the molecule is Cc1cc(C)n(Cn2nc(C)c(NC(=O)Cn3ccc(C(=O)O)n3)c2C)n1. The molecular formula is C17H21N7O3. The molecule has 0 saturated carbocycles. The molecule has 3 aromatic rings. The number of carboxylic acids is 1. The Hall–Kier alpha value is -3.43. The zero-order chi connectivity index (χ0) is 19.7. The number of aryl methyl sites for hydroxylation is 3. The maximum absolute atomic E-state index is 12.3. The first-order valence-electron chi connectivity index (χ1n) is 8.36. The van der Waals surface area contributed by atoms with Crippen molar-refractivity contribution >= 4 is 17.6 Å². The van der Waals surface area contributed by atoms with Gasteiger partial charge in [-0.3, -0.25) is 9.48 Å². The zero-order valence-corrected chi connectivity index (χ0v) is 15.6. The highest BCUT2D eigenvalue weighted by atomic mass is 16.4. The van der Waals surface area contributed by atoms with E-state index in [0.717, 1.165) is 17.1 Å². The minimum atomic E-state index is -1.13. The largest absolute Gasteiger partial charge is 0.476 e. The van der Waals surface area contributed by atoms with Crippen LogP contribution in [0.15, 0.2) is 18.3 Å². The van der Waals surface area contributed by atoms with Gasteiger partial charge < -0.3 is 10.4 Å². The van der Waals surface area contributed by atoms with Crippen molar-refractivity contribution in [2.75, 3.05) is 5.32 Å². The molecular weight excluding hydrogens is 350 g/mol. The minimum Gasteiger partial charge on any atom is -0.476 e. The highest BCUT2D eigenvalue weighted by Crippen LogP contribution is 2.20. The monoisotopic (exact) mass is 371 g/mol. The third-order valence-electron chi connectivity index (χ3n) is 4.18. The first-order chi connectivity index (χ1) is 12.7. The summed E-state index contributed by atoms with van der Waals surface area (Å²) in [6, 6.07) is 3.34. The molecule has 0 aliphatic heterocycles. The van der Waals surface area contributed by atoms with Crippen LogP contribution >= 0.6 is 0 Å². The van der Waals surface area contributed by atoms with E-state index in [4.69, 9.17) is 5.11 Å². The van der Waals surface area contributed by atoms with Crippen molar-refractivity contribution in [2.45, 2.75) is 40.9 Å². The lowest BCUT2D eigenvalue weighted by atomic mass is 10.3. The molecule has 2 N–H and O–H groups in total. The Morgan fingerprint density at radius 1 is 1.11 bits per heavy atom. The standard InChI is InChI=1S/C17H21N7O3/c1-10-7-11(2)23(19-10)9-24-13(4)16(12(3)20-24)18-15(25)8-22-6-5-14(21-22)17(26)27/h5-7H,8-9H2,1-4H3,(H,18,25)(H,26,27). The summed E-state index contributed by atoms with van der Waals surface area (Å²) in [5.41, 5.74) is 3.98. The van der Waals surface area contributed by atoms with Crippen LogP contribution in [0.2, 0.25) is 0 Å². The summed E-state index contributed by atoms with van der Waals surface area (Å²) in [7, 11) is 0. The first-order valence-corrected chi connectivity index (χ1v) is 8.36. The van der Waals surface area contributed by atoms with Crippen LogP contribution in [0.3, 0.4) is 0 Å². The van der Waals surface area contributed by atoms with E-state index in [9.17, 15) is 9.59 Å². The number of hydrogen-bond acceptors (Lipinski definition) is 5. The summed E-state index contributed by atoms with van der Waals surface area (Å²) >= 11 is 0. The molecule has 0 unspecified atom stereocenters. The highest BCUT2D eigenvalue weighted by Gasteiger charge is 2.16. The Bertz CT molecular complexity index is 1010. The van der Waals surface area contributed by atoms with E-state index in [2.05, 4.69) is 20.6 Å². The molecule has 0 spiro atoms. The molecule has 0 fully saturated rings. The number of nitrogens with one attached hydrogen (secondary N) is 1. The van der Waals surface area contributed by atoms with Gasteiger partial charge >= 0.3 is 5.97 Å². The van der Waals surface area contributed by atoms with Gasteiger partial charge in [0.2, 0.25) is 5.91 Å². The van der Waals surface area contributed by atoms with Crippen molar-refractivity contribution in [1.29, 1.82) is 0 Å². The van der Waals surface area contributed by atoms with Crippen LogP contribution < -0.4 is 5.32 Å². The fourth-order valence-corrected chi connectivity index (χ4v) is 2.85. The lowest BCUT2D eigenvalue weighted by Crippen LogP contribution is -2.20. The number of anilines is 1. The second-order valence-corrected chi connectivity index (χ2v) is 6.37. The van der Waals surface area contributed by atoms with Gasteiger partial charge in [-0.05, 0) is 39.8 Å². The molecule has 0 bridgehead atoms. The molecule has 0 aliphatic rings. The van der Waals surface area contributed by atoms with Gasteiger partial charge in [-0.15, -0.1) is 0 Å². The normalized spacial score (nSPS) is 11.0. The van der Waals surface area contributed by atoms with Gasteiger partial charge in [0.05, 0.1) is 22.8 Å². The number of hydrogen-bond donors (Lipinski definition) is 2. The average molecular weight is 371 g/mol. The average Bonchev–Trinajstić information content (AvgIpc) is 3.23. The molecule has 0 radical (unpaired) electrons. The second-order valence-electron chi connectivity index (χ2n) is 6.37. The molecule has 3 heterocycles. The molecule has 0 aromatic carbocycles. The van der Waals surface area contributed by atoms with Gasteiger partial charge in [0, 0.05) is 11.9 Å². The van der Waals surface area contributed by atoms with E-state index in [-0.39, 0.29) is 18.1 Å². The molecule has 3 aromatic heterocycles. The predicted octanol–water partition coefficient (Wildman–Crippen LogP) is 1.35. The lowest BCUT2D eigenvalue weighted by Gasteiger charge is -2.08. The fraction of sp³-hybridized carbons (Fsp3) is 0.353. The molecule has 142 valence electrons. The summed E-state index contributed by atoms with van der Waals surface area (Å²) in [6.07, 6.45) is 1.45. The van der Waals surface area contributed by atoms with Gasteiger partial charge in [0.15, 0.2) is 5.69 Å². The van der Waals surface area contributed by atoms with E-state index in [1.54, 1.807) is 4.68 Å². The number of carbonyl (C=O) groups excluding carboxylic acids is 1. The van der Waals surface area contributed by atoms with Gasteiger partial charge in [0.25, 0.3) is 0 Å². The Morgan fingerprint density at radius 3 is 2.44 bits per heavy atom. The maximum atomic E-state index is 12.3. The summed E-state index contributed by atoms with van der Waals surface area (Å²) in [5, 5.41) is 24.5. The minimum absolute atomic E-state index is 0.0885. The van der Waals surface area contributed by atoms with Crippen LogP contribution in [0.25, 0.3) is 0 Å². The van der Waals surface area contributed by atoms with Crippen molar-refractivity contribution in [3.8, 4) is 0 Å². The van der Waals surface area contributed by atoms with Crippen molar-refractivity contribution in [3.63, 3.8) is 0 Å². The Labute approximate surface area is 155 Å². The maximum Gasteiger partial charge on any atom is 0.356 e. The number of nitrogens with zero attached hydrogens (tertiary/aromatic N) is 6. The smallest absolute Gasteiger partial charge is 0.356 e. The van der Waals surface area contributed by atoms with Crippen LogP contribution in [0.5, 0.6) is 0 Å². The summed E-state index contributed by atoms with van der Waals surface area (Å²) in [6.45, 7) is 7.96. The summed E-state index contributed by atoms with van der Waals surface area (Å²) < 4.78 is 4.90. The zero-order valence-electron chi connectivity index (χ0n) is 15.6. The topological polar surface area (TPSA) is 120 Å². The Morgan fingerprint density at radius 2 is 1.85 bits per heavy atom. The first kappa shape index (κ1) is 18.4. The third-order valence-corrected chi connectivity index (χ3v) is 4.18. The molecule has 0 atom stereocenters. The van der Waals surface area contributed by atoms with Gasteiger partial charge in [-0.1, -0.05) is 0 Å². The molecule has 0 aliphatic carbocycles. The number of rotatable bonds is 6. The lowest BCUT2D eigenvalue weighted by molar-refractivity contribution is -0.116. The van der Waals surface area contributed by atoms with E-state index < -0.39 is 5.97 Å². The molecule has 3 rings (SSSR count). The molecule has 27 heavy (non-hydrogen) atoms. The van der Waals surface area contributed by atoms with E-state index in [1.165, 1.54) is 16.9 Å². The Kier molecular flexibility index (Phi) is 4.80. The van der Waals surface area contributed by atoms with Crippen molar-refractivity contribution in [3.05, 3.63) is 46.8 Å². The molecule has 1 amide bonds. The summed E-state index contributed by atoms with van der Waals surface area (Å²) in [4.78, 5) is 23.2. The fourth-order valence-electron chi connectivity index (χ4n) is 2.85. The van der Waals surface area contributed by atoms with Crippen molar-refractivity contribution in [1.82, 2.24) is 29.3 Å². The Balaban J connectivity index is 1.73. The van der Waals surface area contributed by atoms with E-state index >= 15 is 0 Å². The highest BCUT2D eigenvalue weighted by molar-refractivity contribution is 5.91. The van der Waals surface area contributed by atoms with E-state index in [0.29, 0.717) is 18.1 Å². The number of amides is 1. The van der Waals surface area contributed by atoms with Crippen LogP contribution in [-0.2, 0) is 18.0 Å².